The first-order valence-electron chi connectivity index (χ1n) is 8.69. The summed E-state index contributed by atoms with van der Waals surface area (Å²) in [5.74, 6) is 1.41. The van der Waals surface area contributed by atoms with Gasteiger partial charge < -0.3 is 5.32 Å². The maximum Gasteiger partial charge on any atom is 0.234 e. The summed E-state index contributed by atoms with van der Waals surface area (Å²) in [6.45, 7) is 0. The third-order valence-corrected chi connectivity index (χ3v) is 5.20. The molecule has 27 heavy (non-hydrogen) atoms. The number of hydrogen-bond donors (Lipinski definition) is 1. The van der Waals surface area contributed by atoms with Gasteiger partial charge in [-0.15, -0.1) is 10.2 Å². The zero-order valence-electron chi connectivity index (χ0n) is 14.5. The molecule has 0 bridgehead atoms. The predicted octanol–water partition coefficient (Wildman–Crippen LogP) is 3.75. The van der Waals surface area contributed by atoms with E-state index in [0.29, 0.717) is 22.3 Å². The maximum atomic E-state index is 12.4. The van der Waals surface area contributed by atoms with E-state index in [4.69, 9.17) is 5.26 Å². The molecule has 0 radical (unpaired) electrons. The third kappa shape index (κ3) is 3.86. The minimum Gasteiger partial charge on any atom is -0.324 e. The van der Waals surface area contributed by atoms with E-state index in [9.17, 15) is 4.79 Å². The van der Waals surface area contributed by atoms with Gasteiger partial charge in [-0.25, -0.2) is 0 Å². The van der Waals surface area contributed by atoms with E-state index in [0.717, 1.165) is 24.4 Å². The molecule has 1 N–H and O–H groups in total. The molecule has 0 saturated heterocycles. The minimum atomic E-state index is -0.182. The zero-order valence-corrected chi connectivity index (χ0v) is 15.3. The van der Waals surface area contributed by atoms with Gasteiger partial charge in [0, 0.05) is 11.6 Å². The summed E-state index contributed by atoms with van der Waals surface area (Å²) in [4.78, 5) is 12.4. The normalized spacial score (nSPS) is 13.1. The Balaban J connectivity index is 1.50. The van der Waals surface area contributed by atoms with Gasteiger partial charge in [-0.3, -0.25) is 9.36 Å². The van der Waals surface area contributed by atoms with Crippen LogP contribution in [0.2, 0.25) is 0 Å². The second-order valence-electron chi connectivity index (χ2n) is 6.28. The van der Waals surface area contributed by atoms with Crippen LogP contribution < -0.4 is 5.32 Å². The Hall–Kier alpha value is -3.11. The van der Waals surface area contributed by atoms with E-state index in [-0.39, 0.29) is 11.7 Å². The monoisotopic (exact) mass is 375 g/mol. The van der Waals surface area contributed by atoms with Crippen molar-refractivity contribution in [2.75, 3.05) is 11.1 Å². The summed E-state index contributed by atoms with van der Waals surface area (Å²) < 4.78 is 2.04. The SMILES string of the molecule is N#Cc1ccccc1NC(=O)CSc1nnc(C2CC2)n1-c1ccccc1. The van der Waals surface area contributed by atoms with E-state index in [1.165, 1.54) is 11.8 Å². The van der Waals surface area contributed by atoms with Crippen molar-refractivity contribution in [1.82, 2.24) is 14.8 Å². The number of nitrogens with zero attached hydrogens (tertiary/aromatic N) is 4. The molecule has 7 heteroatoms. The summed E-state index contributed by atoms with van der Waals surface area (Å²) in [6, 6.07) is 19.0. The van der Waals surface area contributed by atoms with Gasteiger partial charge in [0.05, 0.1) is 17.0 Å². The first kappa shape index (κ1) is 17.3. The van der Waals surface area contributed by atoms with Crippen LogP contribution in [0.15, 0.2) is 59.8 Å². The Morgan fingerprint density at radius 2 is 1.89 bits per heavy atom. The number of rotatable bonds is 6. The number of aromatic nitrogens is 3. The van der Waals surface area contributed by atoms with Crippen molar-refractivity contribution in [2.24, 2.45) is 0 Å². The van der Waals surface area contributed by atoms with Crippen LogP contribution in [0, 0.1) is 11.3 Å². The van der Waals surface area contributed by atoms with Gasteiger partial charge in [-0.2, -0.15) is 5.26 Å². The molecule has 1 amide bonds. The largest absolute Gasteiger partial charge is 0.324 e. The fourth-order valence-electron chi connectivity index (χ4n) is 2.81. The third-order valence-electron chi connectivity index (χ3n) is 4.27. The van der Waals surface area contributed by atoms with Crippen molar-refractivity contribution in [3.8, 4) is 11.8 Å². The lowest BCUT2D eigenvalue weighted by Crippen LogP contribution is -2.15. The van der Waals surface area contributed by atoms with E-state index in [2.05, 4.69) is 21.6 Å². The molecule has 2 aromatic carbocycles. The molecule has 1 saturated carbocycles. The Morgan fingerprint density at radius 3 is 2.63 bits per heavy atom. The molecule has 4 rings (SSSR count). The average molecular weight is 375 g/mol. The van der Waals surface area contributed by atoms with Crippen LogP contribution in [-0.4, -0.2) is 26.4 Å². The number of para-hydroxylation sites is 2. The van der Waals surface area contributed by atoms with Gasteiger partial charge in [0.15, 0.2) is 5.16 Å². The molecular weight excluding hydrogens is 358 g/mol. The Kier molecular flexibility index (Phi) is 4.90. The number of carbonyl (C=O) groups is 1. The molecule has 1 aliphatic rings. The van der Waals surface area contributed by atoms with Crippen molar-refractivity contribution in [2.45, 2.75) is 23.9 Å². The summed E-state index contributed by atoms with van der Waals surface area (Å²) in [5.41, 5.74) is 1.97. The topological polar surface area (TPSA) is 83.6 Å². The highest BCUT2D eigenvalue weighted by molar-refractivity contribution is 7.99. The summed E-state index contributed by atoms with van der Waals surface area (Å²) in [7, 11) is 0. The summed E-state index contributed by atoms with van der Waals surface area (Å²) in [5, 5.41) is 21.3. The molecule has 134 valence electrons. The van der Waals surface area contributed by atoms with Gasteiger partial charge in [-0.05, 0) is 37.1 Å². The van der Waals surface area contributed by atoms with Crippen LogP contribution >= 0.6 is 11.8 Å². The zero-order chi connectivity index (χ0) is 18.6. The Bertz CT molecular complexity index is 1000. The quantitative estimate of drug-likeness (QED) is 0.664. The van der Waals surface area contributed by atoms with Gasteiger partial charge in [0.1, 0.15) is 11.9 Å². The minimum absolute atomic E-state index is 0.182. The lowest BCUT2D eigenvalue weighted by atomic mass is 10.2. The molecule has 0 aliphatic heterocycles. The van der Waals surface area contributed by atoms with E-state index < -0.39 is 0 Å². The number of amides is 1. The molecule has 6 nitrogen and oxygen atoms in total. The van der Waals surface area contributed by atoms with Crippen molar-refractivity contribution in [3.63, 3.8) is 0 Å². The highest BCUT2D eigenvalue weighted by atomic mass is 32.2. The maximum absolute atomic E-state index is 12.4. The second kappa shape index (κ2) is 7.64. The molecule has 0 atom stereocenters. The summed E-state index contributed by atoms with van der Waals surface area (Å²) >= 11 is 1.34. The van der Waals surface area contributed by atoms with E-state index in [1.54, 1.807) is 24.3 Å². The van der Waals surface area contributed by atoms with E-state index in [1.807, 2.05) is 34.9 Å². The highest BCUT2D eigenvalue weighted by Gasteiger charge is 2.31. The highest BCUT2D eigenvalue weighted by Crippen LogP contribution is 2.41. The van der Waals surface area contributed by atoms with Crippen LogP contribution in [0.4, 0.5) is 5.69 Å². The predicted molar refractivity (Wildman–Crippen MR) is 104 cm³/mol. The van der Waals surface area contributed by atoms with E-state index >= 15 is 0 Å². The van der Waals surface area contributed by atoms with Crippen molar-refractivity contribution in [3.05, 3.63) is 66.0 Å². The molecule has 1 heterocycles. The van der Waals surface area contributed by atoms with Crippen molar-refractivity contribution < 1.29 is 4.79 Å². The van der Waals surface area contributed by atoms with Gasteiger partial charge in [0.25, 0.3) is 0 Å². The van der Waals surface area contributed by atoms with Crippen LogP contribution in [0.3, 0.4) is 0 Å². The smallest absolute Gasteiger partial charge is 0.234 e. The number of hydrogen-bond acceptors (Lipinski definition) is 5. The lowest BCUT2D eigenvalue weighted by Gasteiger charge is -2.10. The number of nitrogens with one attached hydrogen (secondary N) is 1. The fourth-order valence-corrected chi connectivity index (χ4v) is 3.57. The Labute approximate surface area is 161 Å². The Morgan fingerprint density at radius 1 is 1.15 bits per heavy atom. The molecule has 1 fully saturated rings. The fraction of sp³-hybridized carbons (Fsp3) is 0.200. The molecule has 3 aromatic rings. The number of anilines is 1. The molecule has 1 aliphatic carbocycles. The number of nitriles is 1. The van der Waals surface area contributed by atoms with Crippen molar-refractivity contribution in [1.29, 1.82) is 5.26 Å². The number of thioether (sulfide) groups is 1. The standard InChI is InChI=1S/C20H17N5OS/c21-12-15-6-4-5-9-17(15)22-18(26)13-27-20-24-23-19(14-10-11-14)25(20)16-7-2-1-3-8-16/h1-9,14H,10-11,13H2,(H,22,26). The lowest BCUT2D eigenvalue weighted by molar-refractivity contribution is -0.113. The number of benzene rings is 2. The van der Waals surface area contributed by atoms with Crippen LogP contribution in [0.1, 0.15) is 30.1 Å². The summed E-state index contributed by atoms with van der Waals surface area (Å²) in [6.07, 6.45) is 2.25. The van der Waals surface area contributed by atoms with Crippen LogP contribution in [-0.2, 0) is 4.79 Å². The molecular formula is C20H17N5OS. The van der Waals surface area contributed by atoms with Crippen LogP contribution in [0.25, 0.3) is 5.69 Å². The van der Waals surface area contributed by atoms with Gasteiger partial charge >= 0.3 is 0 Å². The first-order valence-corrected chi connectivity index (χ1v) is 9.67. The molecule has 1 aromatic heterocycles. The van der Waals surface area contributed by atoms with Crippen molar-refractivity contribution >= 4 is 23.4 Å². The molecule has 0 spiro atoms. The molecule has 0 unspecified atom stereocenters. The van der Waals surface area contributed by atoms with Gasteiger partial charge in [0.2, 0.25) is 5.91 Å². The van der Waals surface area contributed by atoms with Crippen LogP contribution in [0.5, 0.6) is 0 Å². The average Bonchev–Trinajstić information content (AvgIpc) is 3.47. The second-order valence-corrected chi connectivity index (χ2v) is 7.22. The van der Waals surface area contributed by atoms with Gasteiger partial charge in [-0.1, -0.05) is 42.1 Å². The first-order chi connectivity index (χ1) is 13.3. The number of carbonyl (C=O) groups excluding carboxylic acids is 1.